The van der Waals surface area contributed by atoms with Gasteiger partial charge < -0.3 is 0 Å². The number of hydrogen-bond donors (Lipinski definition) is 0. The van der Waals surface area contributed by atoms with E-state index in [0.29, 0.717) is 22.3 Å². The van der Waals surface area contributed by atoms with Gasteiger partial charge in [0.05, 0.1) is 0 Å². The van der Waals surface area contributed by atoms with E-state index in [1.807, 2.05) is 18.2 Å². The minimum atomic E-state index is -0.148. The average molecular weight is 253 g/mol. The SMILES string of the molecule is CN1C(=O)C(Cc2ccccc2Cl)=NC1=S. The Bertz CT molecular complexity index is 499. The Hall–Kier alpha value is -1.26. The van der Waals surface area contributed by atoms with Crippen LogP contribution in [0.4, 0.5) is 0 Å². The molecule has 1 aliphatic rings. The molecule has 1 aromatic rings. The van der Waals surface area contributed by atoms with E-state index in [0.717, 1.165) is 5.56 Å². The van der Waals surface area contributed by atoms with E-state index >= 15 is 0 Å². The second-order valence-electron chi connectivity index (χ2n) is 3.47. The molecule has 0 radical (unpaired) electrons. The number of carbonyl (C=O) groups excluding carboxylic acids is 1. The van der Waals surface area contributed by atoms with E-state index in [4.69, 9.17) is 23.8 Å². The highest BCUT2D eigenvalue weighted by atomic mass is 35.5. The summed E-state index contributed by atoms with van der Waals surface area (Å²) in [5.74, 6) is -0.148. The first-order chi connectivity index (χ1) is 7.59. The predicted octanol–water partition coefficient (Wildman–Crippen LogP) is 2.08. The highest BCUT2D eigenvalue weighted by Gasteiger charge is 2.27. The summed E-state index contributed by atoms with van der Waals surface area (Å²) < 4.78 is 0. The summed E-state index contributed by atoms with van der Waals surface area (Å²) in [6.07, 6.45) is 0.420. The first-order valence-electron chi connectivity index (χ1n) is 4.72. The van der Waals surface area contributed by atoms with E-state index < -0.39 is 0 Å². The summed E-state index contributed by atoms with van der Waals surface area (Å²) in [7, 11) is 1.62. The molecular formula is C11H9ClN2OS. The summed E-state index contributed by atoms with van der Waals surface area (Å²) in [5.41, 5.74) is 1.33. The molecule has 0 aliphatic carbocycles. The van der Waals surface area contributed by atoms with E-state index in [2.05, 4.69) is 4.99 Å². The van der Waals surface area contributed by atoms with Crippen LogP contribution >= 0.6 is 23.8 Å². The van der Waals surface area contributed by atoms with Crippen molar-refractivity contribution >= 4 is 40.6 Å². The molecule has 82 valence electrons. The number of amides is 1. The maximum absolute atomic E-state index is 11.7. The highest BCUT2D eigenvalue weighted by molar-refractivity contribution is 7.80. The Morgan fingerprint density at radius 3 is 2.69 bits per heavy atom. The fourth-order valence-corrected chi connectivity index (χ4v) is 1.85. The van der Waals surface area contributed by atoms with Gasteiger partial charge in [0.25, 0.3) is 5.91 Å². The second-order valence-corrected chi connectivity index (χ2v) is 4.25. The second kappa shape index (κ2) is 4.31. The Morgan fingerprint density at radius 1 is 1.44 bits per heavy atom. The van der Waals surface area contributed by atoms with Crippen molar-refractivity contribution in [2.24, 2.45) is 4.99 Å². The lowest BCUT2D eigenvalue weighted by atomic mass is 10.1. The van der Waals surface area contributed by atoms with E-state index in [9.17, 15) is 4.79 Å². The fraction of sp³-hybridized carbons (Fsp3) is 0.182. The van der Waals surface area contributed by atoms with Crippen LogP contribution in [0.25, 0.3) is 0 Å². The van der Waals surface area contributed by atoms with Crippen molar-refractivity contribution in [1.82, 2.24) is 4.90 Å². The van der Waals surface area contributed by atoms with Gasteiger partial charge in [-0.15, -0.1) is 0 Å². The molecular weight excluding hydrogens is 244 g/mol. The van der Waals surface area contributed by atoms with Crippen LogP contribution in [0.2, 0.25) is 5.02 Å². The zero-order valence-electron chi connectivity index (χ0n) is 8.61. The molecule has 0 atom stereocenters. The predicted molar refractivity (Wildman–Crippen MR) is 68.0 cm³/mol. The van der Waals surface area contributed by atoms with Crippen LogP contribution in [-0.2, 0) is 11.2 Å². The van der Waals surface area contributed by atoms with Crippen LogP contribution < -0.4 is 0 Å². The van der Waals surface area contributed by atoms with Crippen molar-refractivity contribution in [2.75, 3.05) is 7.05 Å². The van der Waals surface area contributed by atoms with Crippen molar-refractivity contribution in [3.05, 3.63) is 34.9 Å². The number of nitrogens with zero attached hydrogens (tertiary/aromatic N) is 2. The molecule has 0 bridgehead atoms. The molecule has 5 heteroatoms. The smallest absolute Gasteiger partial charge is 0.274 e. The molecule has 0 fully saturated rings. The Morgan fingerprint density at radius 2 is 2.12 bits per heavy atom. The molecule has 0 spiro atoms. The van der Waals surface area contributed by atoms with Gasteiger partial charge in [0, 0.05) is 18.5 Å². The molecule has 0 aromatic heterocycles. The number of benzene rings is 1. The Kier molecular flexibility index (Phi) is 3.03. The van der Waals surface area contributed by atoms with Crippen molar-refractivity contribution in [1.29, 1.82) is 0 Å². The molecule has 3 nitrogen and oxygen atoms in total. The van der Waals surface area contributed by atoms with Gasteiger partial charge in [-0.1, -0.05) is 29.8 Å². The lowest BCUT2D eigenvalue weighted by molar-refractivity contribution is -0.119. The molecule has 0 N–H and O–H groups in total. The van der Waals surface area contributed by atoms with Gasteiger partial charge in [-0.3, -0.25) is 9.69 Å². The van der Waals surface area contributed by atoms with E-state index in [1.165, 1.54) is 4.90 Å². The largest absolute Gasteiger partial charge is 0.285 e. The minimum Gasteiger partial charge on any atom is -0.285 e. The first-order valence-corrected chi connectivity index (χ1v) is 5.51. The monoisotopic (exact) mass is 252 g/mol. The van der Waals surface area contributed by atoms with Crippen LogP contribution in [0.3, 0.4) is 0 Å². The maximum Gasteiger partial charge on any atom is 0.274 e. The van der Waals surface area contributed by atoms with Gasteiger partial charge in [0.2, 0.25) is 5.11 Å². The number of hydrogen-bond acceptors (Lipinski definition) is 2. The Balaban J connectivity index is 2.24. The van der Waals surface area contributed by atoms with Crippen molar-refractivity contribution in [2.45, 2.75) is 6.42 Å². The van der Waals surface area contributed by atoms with Crippen molar-refractivity contribution in [3.63, 3.8) is 0 Å². The third kappa shape index (κ3) is 1.99. The highest BCUT2D eigenvalue weighted by Crippen LogP contribution is 2.18. The molecule has 1 aromatic carbocycles. The number of halogens is 1. The molecule has 1 heterocycles. The number of carbonyl (C=O) groups is 1. The summed E-state index contributed by atoms with van der Waals surface area (Å²) in [4.78, 5) is 17.1. The molecule has 0 saturated heterocycles. The first kappa shape index (κ1) is 11.2. The maximum atomic E-state index is 11.7. The molecule has 16 heavy (non-hydrogen) atoms. The van der Waals surface area contributed by atoms with Crippen LogP contribution in [0, 0.1) is 0 Å². The number of rotatable bonds is 2. The van der Waals surface area contributed by atoms with Gasteiger partial charge >= 0.3 is 0 Å². The van der Waals surface area contributed by atoms with Crippen molar-refractivity contribution in [3.8, 4) is 0 Å². The van der Waals surface area contributed by atoms with Crippen LogP contribution in [-0.4, -0.2) is 28.7 Å². The molecule has 2 rings (SSSR count). The standard InChI is InChI=1S/C11H9ClN2OS/c1-14-10(15)9(13-11(14)16)6-7-4-2-3-5-8(7)12/h2-5H,6H2,1H3. The lowest BCUT2D eigenvalue weighted by Crippen LogP contribution is -2.29. The minimum absolute atomic E-state index is 0.148. The number of thiocarbonyl (C=S) groups is 1. The van der Waals surface area contributed by atoms with Crippen LogP contribution in [0.15, 0.2) is 29.3 Å². The Labute approximate surface area is 104 Å². The normalized spacial score (nSPS) is 15.6. The zero-order valence-corrected chi connectivity index (χ0v) is 10.2. The van der Waals surface area contributed by atoms with Gasteiger partial charge in [-0.25, -0.2) is 4.99 Å². The zero-order chi connectivity index (χ0) is 11.7. The fourth-order valence-electron chi connectivity index (χ4n) is 1.46. The summed E-state index contributed by atoms with van der Waals surface area (Å²) >= 11 is 10.9. The lowest BCUT2D eigenvalue weighted by Gasteiger charge is -2.06. The van der Waals surface area contributed by atoms with Gasteiger partial charge in [0.15, 0.2) is 0 Å². The van der Waals surface area contributed by atoms with Crippen LogP contribution in [0.1, 0.15) is 5.56 Å². The van der Waals surface area contributed by atoms with E-state index in [1.54, 1.807) is 13.1 Å². The quantitative estimate of drug-likeness (QED) is 0.755. The summed E-state index contributed by atoms with van der Waals surface area (Å²) in [5, 5.41) is 0.950. The molecule has 0 unspecified atom stereocenters. The van der Waals surface area contributed by atoms with Crippen LogP contribution in [0.5, 0.6) is 0 Å². The summed E-state index contributed by atoms with van der Waals surface area (Å²) in [6, 6.07) is 7.39. The third-order valence-corrected chi connectivity index (χ3v) is 3.12. The van der Waals surface area contributed by atoms with Gasteiger partial charge in [0.1, 0.15) is 5.71 Å². The van der Waals surface area contributed by atoms with Crippen molar-refractivity contribution < 1.29 is 4.79 Å². The number of aliphatic imine (C=N–C) groups is 1. The van der Waals surface area contributed by atoms with Gasteiger partial charge in [-0.05, 0) is 23.8 Å². The molecule has 1 amide bonds. The third-order valence-electron chi connectivity index (χ3n) is 2.38. The van der Waals surface area contributed by atoms with E-state index in [-0.39, 0.29) is 5.91 Å². The molecule has 1 aliphatic heterocycles. The topological polar surface area (TPSA) is 32.7 Å². The summed E-state index contributed by atoms with van der Waals surface area (Å²) in [6.45, 7) is 0. The molecule has 0 saturated carbocycles. The van der Waals surface area contributed by atoms with Gasteiger partial charge in [-0.2, -0.15) is 0 Å². The average Bonchev–Trinajstić information content (AvgIpc) is 2.50.